The molecular formula is C16H18N2O4S2. The van der Waals surface area contributed by atoms with Gasteiger partial charge in [-0.3, -0.25) is 4.98 Å². The predicted octanol–water partition coefficient (Wildman–Crippen LogP) is 2.75. The van der Waals surface area contributed by atoms with Crippen LogP contribution >= 0.6 is 11.3 Å². The molecule has 0 amide bonds. The van der Waals surface area contributed by atoms with Gasteiger partial charge in [-0.1, -0.05) is 6.07 Å². The molecule has 1 saturated carbocycles. The zero-order valence-electron chi connectivity index (χ0n) is 13.2. The Balaban J connectivity index is 1.88. The molecule has 1 aliphatic carbocycles. The van der Waals surface area contributed by atoms with Crippen LogP contribution < -0.4 is 0 Å². The summed E-state index contributed by atoms with van der Waals surface area (Å²) in [5.74, 6) is -0.728. The minimum atomic E-state index is -3.72. The van der Waals surface area contributed by atoms with Gasteiger partial charge in [0.1, 0.15) is 4.88 Å². The van der Waals surface area contributed by atoms with E-state index in [0.717, 1.165) is 35.4 Å². The lowest BCUT2D eigenvalue weighted by atomic mass is 10.2. The Kier molecular flexibility index (Phi) is 4.71. The Labute approximate surface area is 144 Å². The van der Waals surface area contributed by atoms with E-state index in [4.69, 9.17) is 5.11 Å². The lowest BCUT2D eigenvalue weighted by Crippen LogP contribution is -2.32. The maximum Gasteiger partial charge on any atom is 0.345 e. The van der Waals surface area contributed by atoms with Gasteiger partial charge in [-0.05, 0) is 43.4 Å². The first-order chi connectivity index (χ1) is 11.4. The van der Waals surface area contributed by atoms with Crippen LogP contribution in [0.2, 0.25) is 0 Å². The van der Waals surface area contributed by atoms with Gasteiger partial charge in [-0.15, -0.1) is 11.3 Å². The fraction of sp³-hybridized carbons (Fsp3) is 0.375. The summed E-state index contributed by atoms with van der Waals surface area (Å²) in [5, 5.41) is 10.4. The molecule has 128 valence electrons. The SMILES string of the molecule is Cc1ccc(CN(CC2CC2)S(=O)(=O)c2csc(C(=O)O)c2)cn1. The first kappa shape index (κ1) is 17.1. The normalized spacial score (nSPS) is 14.9. The third kappa shape index (κ3) is 3.82. The zero-order valence-corrected chi connectivity index (χ0v) is 14.8. The van der Waals surface area contributed by atoms with E-state index in [1.165, 1.54) is 15.8 Å². The van der Waals surface area contributed by atoms with Crippen molar-refractivity contribution in [3.8, 4) is 0 Å². The zero-order chi connectivity index (χ0) is 17.3. The molecule has 0 atom stereocenters. The van der Waals surface area contributed by atoms with Crippen LogP contribution in [0.3, 0.4) is 0 Å². The van der Waals surface area contributed by atoms with Crippen LogP contribution in [0.15, 0.2) is 34.7 Å². The Morgan fingerprint density at radius 2 is 2.17 bits per heavy atom. The molecule has 2 aromatic heterocycles. The van der Waals surface area contributed by atoms with E-state index >= 15 is 0 Å². The van der Waals surface area contributed by atoms with Crippen molar-refractivity contribution < 1.29 is 18.3 Å². The molecule has 6 nitrogen and oxygen atoms in total. The maximum absolute atomic E-state index is 12.9. The number of aromatic carboxylic acids is 1. The van der Waals surface area contributed by atoms with Gasteiger partial charge in [-0.2, -0.15) is 4.31 Å². The highest BCUT2D eigenvalue weighted by Gasteiger charge is 2.32. The van der Waals surface area contributed by atoms with Crippen molar-refractivity contribution in [1.82, 2.24) is 9.29 Å². The summed E-state index contributed by atoms with van der Waals surface area (Å²) in [6.45, 7) is 2.57. The summed E-state index contributed by atoms with van der Waals surface area (Å²) in [6.07, 6.45) is 3.74. The average Bonchev–Trinajstić information content (AvgIpc) is 3.20. The lowest BCUT2D eigenvalue weighted by molar-refractivity contribution is 0.0702. The maximum atomic E-state index is 12.9. The number of hydrogen-bond donors (Lipinski definition) is 1. The highest BCUT2D eigenvalue weighted by Crippen LogP contribution is 2.33. The molecule has 2 heterocycles. The molecular weight excluding hydrogens is 348 g/mol. The minimum Gasteiger partial charge on any atom is -0.477 e. The van der Waals surface area contributed by atoms with Crippen LogP contribution in [0.25, 0.3) is 0 Å². The molecule has 0 bridgehead atoms. The molecule has 8 heteroatoms. The predicted molar refractivity (Wildman–Crippen MR) is 90.6 cm³/mol. The first-order valence-corrected chi connectivity index (χ1v) is 9.92. The molecule has 0 spiro atoms. The number of thiophene rings is 1. The van der Waals surface area contributed by atoms with Gasteiger partial charge < -0.3 is 5.11 Å². The quantitative estimate of drug-likeness (QED) is 0.814. The van der Waals surface area contributed by atoms with Crippen LogP contribution in [0.4, 0.5) is 0 Å². The topological polar surface area (TPSA) is 87.6 Å². The fourth-order valence-electron chi connectivity index (χ4n) is 2.35. The number of aromatic nitrogens is 1. The second kappa shape index (κ2) is 6.62. The highest BCUT2D eigenvalue weighted by atomic mass is 32.2. The van der Waals surface area contributed by atoms with Gasteiger partial charge in [0.15, 0.2) is 0 Å². The van der Waals surface area contributed by atoms with Crippen LogP contribution in [-0.4, -0.2) is 35.3 Å². The highest BCUT2D eigenvalue weighted by molar-refractivity contribution is 7.89. The van der Waals surface area contributed by atoms with Crippen molar-refractivity contribution in [1.29, 1.82) is 0 Å². The molecule has 1 fully saturated rings. The van der Waals surface area contributed by atoms with Crippen molar-refractivity contribution in [2.24, 2.45) is 5.92 Å². The van der Waals surface area contributed by atoms with E-state index in [1.807, 2.05) is 19.1 Å². The van der Waals surface area contributed by atoms with E-state index in [9.17, 15) is 13.2 Å². The number of hydrogen-bond acceptors (Lipinski definition) is 5. The lowest BCUT2D eigenvalue weighted by Gasteiger charge is -2.21. The summed E-state index contributed by atoms with van der Waals surface area (Å²) in [4.78, 5) is 15.3. The Hall–Kier alpha value is -1.77. The van der Waals surface area contributed by atoms with Gasteiger partial charge in [0.2, 0.25) is 10.0 Å². The number of pyridine rings is 1. The van der Waals surface area contributed by atoms with Crippen LogP contribution in [-0.2, 0) is 16.6 Å². The van der Waals surface area contributed by atoms with Crippen molar-refractivity contribution in [2.45, 2.75) is 31.2 Å². The van der Waals surface area contributed by atoms with E-state index in [2.05, 4.69) is 4.98 Å². The minimum absolute atomic E-state index is 0.0250. The van der Waals surface area contributed by atoms with Crippen molar-refractivity contribution in [3.63, 3.8) is 0 Å². The van der Waals surface area contributed by atoms with Gasteiger partial charge >= 0.3 is 5.97 Å². The van der Waals surface area contributed by atoms with E-state index in [0.29, 0.717) is 12.5 Å². The number of rotatable bonds is 7. The van der Waals surface area contributed by atoms with Crippen molar-refractivity contribution >= 4 is 27.3 Å². The number of carbonyl (C=O) groups is 1. The van der Waals surface area contributed by atoms with Crippen molar-refractivity contribution in [2.75, 3.05) is 6.54 Å². The Morgan fingerprint density at radius 1 is 1.42 bits per heavy atom. The molecule has 0 unspecified atom stereocenters. The molecule has 2 aromatic rings. The number of nitrogens with zero attached hydrogens (tertiary/aromatic N) is 2. The Bertz CT molecular complexity index is 839. The summed E-state index contributed by atoms with van der Waals surface area (Å²) in [6, 6.07) is 4.95. The molecule has 3 rings (SSSR count). The van der Waals surface area contributed by atoms with Crippen molar-refractivity contribution in [3.05, 3.63) is 45.9 Å². The second-order valence-electron chi connectivity index (χ2n) is 6.00. The number of carboxylic acid groups (broad SMARTS) is 1. The van der Waals surface area contributed by atoms with Gasteiger partial charge in [0.05, 0.1) is 4.90 Å². The third-order valence-electron chi connectivity index (χ3n) is 3.91. The van der Waals surface area contributed by atoms with Gasteiger partial charge in [0.25, 0.3) is 0 Å². The molecule has 1 N–H and O–H groups in total. The summed E-state index contributed by atoms with van der Waals surface area (Å²) in [5.41, 5.74) is 1.69. The van der Waals surface area contributed by atoms with Crippen LogP contribution in [0, 0.1) is 12.8 Å². The molecule has 1 aliphatic rings. The molecule has 0 aromatic carbocycles. The van der Waals surface area contributed by atoms with Gasteiger partial charge in [0, 0.05) is 30.4 Å². The van der Waals surface area contributed by atoms with Crippen LogP contribution in [0.5, 0.6) is 0 Å². The van der Waals surface area contributed by atoms with Gasteiger partial charge in [-0.25, -0.2) is 13.2 Å². The number of sulfonamides is 1. The first-order valence-electron chi connectivity index (χ1n) is 7.60. The molecule has 0 radical (unpaired) electrons. The molecule has 24 heavy (non-hydrogen) atoms. The van der Waals surface area contributed by atoms with E-state index in [1.54, 1.807) is 6.20 Å². The van der Waals surface area contributed by atoms with E-state index in [-0.39, 0.29) is 16.3 Å². The average molecular weight is 366 g/mol. The largest absolute Gasteiger partial charge is 0.477 e. The number of carboxylic acids is 1. The second-order valence-corrected chi connectivity index (χ2v) is 8.85. The fourth-order valence-corrected chi connectivity index (χ4v) is 4.95. The number of aryl methyl sites for hydroxylation is 1. The smallest absolute Gasteiger partial charge is 0.345 e. The summed E-state index contributed by atoms with van der Waals surface area (Å²) >= 11 is 0.927. The van der Waals surface area contributed by atoms with E-state index < -0.39 is 16.0 Å². The Morgan fingerprint density at radius 3 is 2.71 bits per heavy atom. The molecule has 0 aliphatic heterocycles. The third-order valence-corrected chi connectivity index (χ3v) is 6.77. The molecule has 0 saturated heterocycles. The van der Waals surface area contributed by atoms with Crippen LogP contribution in [0.1, 0.15) is 33.8 Å². The standard InChI is InChI=1S/C16H18N2O4S2/c1-11-2-3-13(7-17-11)9-18(8-12-4-5-12)24(21,22)14-6-15(16(19)20)23-10-14/h2-3,6-7,10,12H,4-5,8-9H2,1H3,(H,19,20). The summed E-state index contributed by atoms with van der Waals surface area (Å²) in [7, 11) is -3.72. The monoisotopic (exact) mass is 366 g/mol. The summed E-state index contributed by atoms with van der Waals surface area (Å²) < 4.78 is 27.3.